The Morgan fingerprint density at radius 2 is 2.18 bits per heavy atom. The first-order valence-corrected chi connectivity index (χ1v) is 5.13. The third-order valence-corrected chi connectivity index (χ3v) is 2.11. The van der Waals surface area contributed by atoms with Crippen molar-refractivity contribution >= 4 is 0 Å². The first kappa shape index (κ1) is 11.4. The van der Waals surface area contributed by atoms with Gasteiger partial charge in [0.15, 0.2) is 5.82 Å². The molecule has 0 unspecified atom stereocenters. The monoisotopic (exact) mass is 236 g/mol. The van der Waals surface area contributed by atoms with Crippen LogP contribution < -0.4 is 0 Å². The van der Waals surface area contributed by atoms with Gasteiger partial charge in [-0.1, -0.05) is 5.16 Å². The summed E-state index contributed by atoms with van der Waals surface area (Å²) in [5.41, 5.74) is 0.292. The number of hydrogen-bond donors (Lipinski definition) is 2. The molecule has 2 aromatic rings. The number of phenolic OH excluding ortho intramolecular Hbond substituents is 2. The van der Waals surface area contributed by atoms with Gasteiger partial charge >= 0.3 is 0 Å². The summed E-state index contributed by atoms with van der Waals surface area (Å²) >= 11 is 0. The average molecular weight is 236 g/mol. The zero-order valence-electron chi connectivity index (χ0n) is 9.25. The van der Waals surface area contributed by atoms with Gasteiger partial charge in [0.05, 0.1) is 5.56 Å². The fourth-order valence-electron chi connectivity index (χ4n) is 1.31. The lowest BCUT2D eigenvalue weighted by molar-refractivity contribution is 0.126. The zero-order valence-corrected chi connectivity index (χ0v) is 9.25. The average Bonchev–Trinajstić information content (AvgIpc) is 2.78. The van der Waals surface area contributed by atoms with Crippen LogP contribution in [0.15, 0.2) is 22.7 Å². The highest BCUT2D eigenvalue weighted by molar-refractivity contribution is 5.64. The van der Waals surface area contributed by atoms with Gasteiger partial charge in [-0.2, -0.15) is 4.98 Å². The second kappa shape index (κ2) is 4.84. The molecule has 1 aromatic heterocycles. The molecular formula is C11H12N2O4. The smallest absolute Gasteiger partial charge is 0.261 e. The van der Waals surface area contributed by atoms with E-state index in [2.05, 4.69) is 10.1 Å². The van der Waals surface area contributed by atoms with Crippen molar-refractivity contribution in [2.24, 2.45) is 0 Å². The standard InChI is InChI=1S/C11H12N2O4/c1-2-16-6-10-12-11(17-13-10)8-5-7(14)3-4-9(8)15/h3-5,14-15H,2,6H2,1H3. The Balaban J connectivity index is 2.27. The molecule has 0 bridgehead atoms. The van der Waals surface area contributed by atoms with E-state index in [9.17, 15) is 10.2 Å². The summed E-state index contributed by atoms with van der Waals surface area (Å²) in [5, 5.41) is 22.6. The summed E-state index contributed by atoms with van der Waals surface area (Å²) in [7, 11) is 0. The number of benzene rings is 1. The van der Waals surface area contributed by atoms with Crippen molar-refractivity contribution in [2.75, 3.05) is 6.61 Å². The highest BCUT2D eigenvalue weighted by Gasteiger charge is 2.13. The molecule has 0 aliphatic heterocycles. The Hall–Kier alpha value is -2.08. The van der Waals surface area contributed by atoms with Gasteiger partial charge in [-0.3, -0.25) is 0 Å². The van der Waals surface area contributed by atoms with Crippen LogP contribution in [0.2, 0.25) is 0 Å². The molecular weight excluding hydrogens is 224 g/mol. The zero-order chi connectivity index (χ0) is 12.3. The molecule has 2 N–H and O–H groups in total. The molecule has 0 spiro atoms. The molecule has 6 heteroatoms. The van der Waals surface area contributed by atoms with Crippen molar-refractivity contribution in [1.29, 1.82) is 0 Å². The minimum Gasteiger partial charge on any atom is -0.508 e. The number of phenols is 2. The van der Waals surface area contributed by atoms with Gasteiger partial charge in [-0.05, 0) is 25.1 Å². The molecule has 0 saturated heterocycles. The SMILES string of the molecule is CCOCc1noc(-c2cc(O)ccc2O)n1. The Labute approximate surface area is 97.5 Å². The van der Waals surface area contributed by atoms with E-state index in [0.717, 1.165) is 0 Å². The lowest BCUT2D eigenvalue weighted by Gasteiger charge is -1.99. The molecule has 0 radical (unpaired) electrons. The van der Waals surface area contributed by atoms with E-state index >= 15 is 0 Å². The topological polar surface area (TPSA) is 88.6 Å². The molecule has 0 aliphatic rings. The fourth-order valence-corrected chi connectivity index (χ4v) is 1.31. The van der Waals surface area contributed by atoms with E-state index in [1.165, 1.54) is 18.2 Å². The van der Waals surface area contributed by atoms with Gasteiger partial charge in [0.25, 0.3) is 5.89 Å². The second-order valence-corrected chi connectivity index (χ2v) is 3.35. The van der Waals surface area contributed by atoms with E-state index in [0.29, 0.717) is 18.0 Å². The quantitative estimate of drug-likeness (QED) is 0.785. The number of aromatic nitrogens is 2. The lowest BCUT2D eigenvalue weighted by Crippen LogP contribution is -1.93. The van der Waals surface area contributed by atoms with E-state index in [1.807, 2.05) is 6.92 Å². The molecule has 0 saturated carbocycles. The highest BCUT2D eigenvalue weighted by Crippen LogP contribution is 2.30. The number of aromatic hydroxyl groups is 2. The van der Waals surface area contributed by atoms with E-state index in [1.54, 1.807) is 0 Å². The van der Waals surface area contributed by atoms with Crippen LogP contribution in [0.3, 0.4) is 0 Å². The van der Waals surface area contributed by atoms with Crippen LogP contribution in [-0.2, 0) is 11.3 Å². The van der Waals surface area contributed by atoms with E-state index in [-0.39, 0.29) is 24.0 Å². The normalized spacial score (nSPS) is 10.6. The minimum absolute atomic E-state index is 0.0161. The maximum atomic E-state index is 9.60. The fraction of sp³-hybridized carbons (Fsp3) is 0.273. The molecule has 1 heterocycles. The Morgan fingerprint density at radius 1 is 1.35 bits per heavy atom. The summed E-state index contributed by atoms with van der Waals surface area (Å²) < 4.78 is 10.1. The molecule has 0 amide bonds. The Bertz CT molecular complexity index is 510. The number of nitrogens with zero attached hydrogens (tertiary/aromatic N) is 2. The summed E-state index contributed by atoms with van der Waals surface area (Å²) in [6.45, 7) is 2.67. The van der Waals surface area contributed by atoms with Crippen molar-refractivity contribution in [1.82, 2.24) is 10.1 Å². The van der Waals surface area contributed by atoms with Gasteiger partial charge in [0, 0.05) is 6.61 Å². The first-order chi connectivity index (χ1) is 8.20. The number of hydrogen-bond acceptors (Lipinski definition) is 6. The third-order valence-electron chi connectivity index (χ3n) is 2.11. The summed E-state index contributed by atoms with van der Waals surface area (Å²) in [6.07, 6.45) is 0. The Kier molecular flexibility index (Phi) is 3.24. The summed E-state index contributed by atoms with van der Waals surface area (Å²) in [6, 6.07) is 4.08. The summed E-state index contributed by atoms with van der Waals surface area (Å²) in [4.78, 5) is 4.05. The molecule has 1 aromatic carbocycles. The number of ether oxygens (including phenoxy) is 1. The van der Waals surface area contributed by atoms with Crippen LogP contribution in [0.5, 0.6) is 11.5 Å². The largest absolute Gasteiger partial charge is 0.508 e. The summed E-state index contributed by atoms with van der Waals surface area (Å²) in [5.74, 6) is 0.523. The maximum absolute atomic E-state index is 9.60. The van der Waals surface area contributed by atoms with Crippen LogP contribution >= 0.6 is 0 Å². The predicted molar refractivity (Wildman–Crippen MR) is 58.4 cm³/mol. The highest BCUT2D eigenvalue weighted by atomic mass is 16.5. The van der Waals surface area contributed by atoms with Crippen LogP contribution in [-0.4, -0.2) is 27.0 Å². The van der Waals surface area contributed by atoms with Crippen molar-refractivity contribution in [3.63, 3.8) is 0 Å². The molecule has 90 valence electrons. The minimum atomic E-state index is -0.0330. The van der Waals surface area contributed by atoms with Crippen LogP contribution in [0.4, 0.5) is 0 Å². The van der Waals surface area contributed by atoms with Gasteiger partial charge in [-0.25, -0.2) is 0 Å². The molecule has 6 nitrogen and oxygen atoms in total. The van der Waals surface area contributed by atoms with Crippen molar-refractivity contribution in [2.45, 2.75) is 13.5 Å². The van der Waals surface area contributed by atoms with Gasteiger partial charge in [0.1, 0.15) is 18.1 Å². The third kappa shape index (κ3) is 2.54. The predicted octanol–water partition coefficient (Wildman–Crippen LogP) is 1.68. The van der Waals surface area contributed by atoms with Crippen LogP contribution in [0.25, 0.3) is 11.5 Å². The van der Waals surface area contributed by atoms with Gasteiger partial charge in [-0.15, -0.1) is 0 Å². The second-order valence-electron chi connectivity index (χ2n) is 3.35. The van der Waals surface area contributed by atoms with Crippen LogP contribution in [0, 0.1) is 0 Å². The lowest BCUT2D eigenvalue weighted by atomic mass is 10.2. The van der Waals surface area contributed by atoms with Gasteiger partial charge in [0.2, 0.25) is 0 Å². The molecule has 0 atom stereocenters. The Morgan fingerprint density at radius 3 is 2.94 bits per heavy atom. The molecule has 0 fully saturated rings. The molecule has 17 heavy (non-hydrogen) atoms. The first-order valence-electron chi connectivity index (χ1n) is 5.13. The van der Waals surface area contributed by atoms with E-state index < -0.39 is 0 Å². The molecule has 2 rings (SSSR count). The van der Waals surface area contributed by atoms with Crippen molar-refractivity contribution < 1.29 is 19.5 Å². The molecule has 0 aliphatic carbocycles. The van der Waals surface area contributed by atoms with Crippen molar-refractivity contribution in [3.8, 4) is 23.0 Å². The van der Waals surface area contributed by atoms with E-state index in [4.69, 9.17) is 9.26 Å². The maximum Gasteiger partial charge on any atom is 0.261 e. The van der Waals surface area contributed by atoms with Crippen molar-refractivity contribution in [3.05, 3.63) is 24.0 Å². The number of rotatable bonds is 4. The van der Waals surface area contributed by atoms with Gasteiger partial charge < -0.3 is 19.5 Å². The van der Waals surface area contributed by atoms with Crippen LogP contribution in [0.1, 0.15) is 12.7 Å².